The molecule has 0 aliphatic heterocycles. The Labute approximate surface area is 140 Å². The van der Waals surface area contributed by atoms with Gasteiger partial charge in [0.1, 0.15) is 11.6 Å². The molecule has 122 valence electrons. The molecule has 1 aromatic heterocycles. The molecule has 0 bridgehead atoms. The van der Waals surface area contributed by atoms with Crippen molar-refractivity contribution in [3.05, 3.63) is 95.2 Å². The van der Waals surface area contributed by atoms with Crippen LogP contribution in [-0.2, 0) is 13.1 Å². The Bertz CT molecular complexity index is 810. The molecule has 0 unspecified atom stereocenters. The van der Waals surface area contributed by atoms with Crippen molar-refractivity contribution in [2.24, 2.45) is 0 Å². The van der Waals surface area contributed by atoms with Crippen LogP contribution in [0.2, 0.25) is 0 Å². The van der Waals surface area contributed by atoms with E-state index in [1.165, 1.54) is 12.1 Å². The maximum absolute atomic E-state index is 14.0. The smallest absolute Gasteiger partial charge is 0.257 e. The molecule has 24 heavy (non-hydrogen) atoms. The predicted molar refractivity (Wildman–Crippen MR) is 89.9 cm³/mol. The number of furan rings is 1. The zero-order valence-electron chi connectivity index (χ0n) is 13.4. The molecule has 3 aromatic rings. The molecule has 0 atom stereocenters. The van der Waals surface area contributed by atoms with Crippen molar-refractivity contribution in [2.45, 2.75) is 20.0 Å². The van der Waals surface area contributed by atoms with E-state index in [1.807, 2.05) is 31.2 Å². The molecule has 2 aromatic carbocycles. The molecule has 3 nitrogen and oxygen atoms in total. The summed E-state index contributed by atoms with van der Waals surface area (Å²) in [6, 6.07) is 17.5. The Morgan fingerprint density at radius 2 is 1.75 bits per heavy atom. The van der Waals surface area contributed by atoms with Crippen LogP contribution in [-0.4, -0.2) is 10.8 Å². The molecule has 0 aliphatic rings. The number of rotatable bonds is 5. The van der Waals surface area contributed by atoms with Crippen molar-refractivity contribution < 1.29 is 13.6 Å². The minimum Gasteiger partial charge on any atom is -0.467 e. The van der Waals surface area contributed by atoms with Gasteiger partial charge in [0.25, 0.3) is 5.91 Å². The molecule has 0 spiro atoms. The van der Waals surface area contributed by atoms with Gasteiger partial charge in [0.15, 0.2) is 0 Å². The summed E-state index contributed by atoms with van der Waals surface area (Å²) in [7, 11) is 0. The maximum Gasteiger partial charge on any atom is 0.257 e. The highest BCUT2D eigenvalue weighted by Crippen LogP contribution is 2.17. The molecule has 0 N–H and O–H groups in total. The molecule has 3 rings (SSSR count). The Balaban J connectivity index is 1.87. The summed E-state index contributed by atoms with van der Waals surface area (Å²) in [5, 5.41) is 0. The molecule has 0 radical (unpaired) electrons. The second-order valence-electron chi connectivity index (χ2n) is 5.71. The third-order valence-electron chi connectivity index (χ3n) is 3.81. The van der Waals surface area contributed by atoms with Crippen molar-refractivity contribution in [1.29, 1.82) is 0 Å². The third kappa shape index (κ3) is 3.71. The fraction of sp³-hybridized carbons (Fsp3) is 0.150. The number of nitrogens with zero attached hydrogens (tertiary/aromatic N) is 1. The molecule has 4 heteroatoms. The van der Waals surface area contributed by atoms with E-state index >= 15 is 0 Å². The lowest BCUT2D eigenvalue weighted by Gasteiger charge is -2.22. The zero-order valence-corrected chi connectivity index (χ0v) is 13.4. The van der Waals surface area contributed by atoms with E-state index in [-0.39, 0.29) is 18.0 Å². The first kappa shape index (κ1) is 16.0. The van der Waals surface area contributed by atoms with Crippen LogP contribution in [0.3, 0.4) is 0 Å². The van der Waals surface area contributed by atoms with Crippen LogP contribution in [0.15, 0.2) is 71.3 Å². The standard InChI is InChI=1S/C20H18FNO2/c1-15-8-10-16(11-9-15)13-22(14-17-5-4-12-24-17)20(23)18-6-2-3-7-19(18)21/h2-12H,13-14H2,1H3. The second-order valence-corrected chi connectivity index (χ2v) is 5.71. The van der Waals surface area contributed by atoms with Gasteiger partial charge in [-0.3, -0.25) is 4.79 Å². The van der Waals surface area contributed by atoms with Crippen LogP contribution in [0, 0.1) is 12.7 Å². The first-order valence-corrected chi connectivity index (χ1v) is 7.75. The summed E-state index contributed by atoms with van der Waals surface area (Å²) < 4.78 is 19.3. The van der Waals surface area contributed by atoms with Gasteiger partial charge in [0.05, 0.1) is 18.4 Å². The summed E-state index contributed by atoms with van der Waals surface area (Å²) in [5.74, 6) is -0.215. The van der Waals surface area contributed by atoms with E-state index in [4.69, 9.17) is 4.42 Å². The van der Waals surface area contributed by atoms with Crippen LogP contribution >= 0.6 is 0 Å². The predicted octanol–water partition coefficient (Wildman–Crippen LogP) is 4.57. The SMILES string of the molecule is Cc1ccc(CN(Cc2ccco2)C(=O)c2ccccc2F)cc1. The van der Waals surface area contributed by atoms with Gasteiger partial charge >= 0.3 is 0 Å². The average Bonchev–Trinajstić information content (AvgIpc) is 3.09. The number of carbonyl (C=O) groups excluding carboxylic acids is 1. The van der Waals surface area contributed by atoms with Crippen molar-refractivity contribution in [3.8, 4) is 0 Å². The van der Waals surface area contributed by atoms with Crippen LogP contribution in [0.1, 0.15) is 27.2 Å². The summed E-state index contributed by atoms with van der Waals surface area (Å²) in [4.78, 5) is 14.4. The van der Waals surface area contributed by atoms with Crippen LogP contribution in [0.5, 0.6) is 0 Å². The highest BCUT2D eigenvalue weighted by Gasteiger charge is 2.20. The molecule has 1 heterocycles. The summed E-state index contributed by atoms with van der Waals surface area (Å²) in [6.07, 6.45) is 1.56. The summed E-state index contributed by atoms with van der Waals surface area (Å²) in [6.45, 7) is 2.68. The van der Waals surface area contributed by atoms with E-state index in [1.54, 1.807) is 35.4 Å². The highest BCUT2D eigenvalue weighted by molar-refractivity contribution is 5.94. The molecule has 1 amide bonds. The quantitative estimate of drug-likeness (QED) is 0.689. The monoisotopic (exact) mass is 323 g/mol. The number of halogens is 1. The van der Waals surface area contributed by atoms with Gasteiger partial charge in [0, 0.05) is 6.54 Å². The van der Waals surface area contributed by atoms with E-state index < -0.39 is 5.82 Å². The Hall–Kier alpha value is -2.88. The number of carbonyl (C=O) groups is 1. The third-order valence-corrected chi connectivity index (χ3v) is 3.81. The largest absolute Gasteiger partial charge is 0.467 e. The lowest BCUT2D eigenvalue weighted by molar-refractivity contribution is 0.0713. The van der Waals surface area contributed by atoms with E-state index in [2.05, 4.69) is 0 Å². The topological polar surface area (TPSA) is 33.5 Å². The lowest BCUT2D eigenvalue weighted by atomic mass is 10.1. The van der Waals surface area contributed by atoms with Crippen LogP contribution in [0.4, 0.5) is 4.39 Å². The first-order valence-electron chi connectivity index (χ1n) is 7.75. The molecular formula is C20H18FNO2. The maximum atomic E-state index is 14.0. The van der Waals surface area contributed by atoms with Crippen LogP contribution in [0.25, 0.3) is 0 Å². The summed E-state index contributed by atoms with van der Waals surface area (Å²) in [5.41, 5.74) is 2.20. The minimum atomic E-state index is -0.518. The van der Waals surface area contributed by atoms with E-state index in [0.717, 1.165) is 11.1 Å². The number of hydrogen-bond acceptors (Lipinski definition) is 2. The van der Waals surface area contributed by atoms with Gasteiger partial charge in [-0.05, 0) is 36.8 Å². The number of amides is 1. The molecule has 0 fully saturated rings. The first-order chi connectivity index (χ1) is 11.6. The normalized spacial score (nSPS) is 10.6. The Morgan fingerprint density at radius 1 is 1.00 bits per heavy atom. The molecule has 0 saturated heterocycles. The van der Waals surface area contributed by atoms with Crippen molar-refractivity contribution in [2.75, 3.05) is 0 Å². The Kier molecular flexibility index (Phi) is 4.75. The zero-order chi connectivity index (χ0) is 16.9. The van der Waals surface area contributed by atoms with Crippen molar-refractivity contribution >= 4 is 5.91 Å². The number of aryl methyl sites for hydroxylation is 1. The van der Waals surface area contributed by atoms with Crippen molar-refractivity contribution in [3.63, 3.8) is 0 Å². The second kappa shape index (κ2) is 7.13. The van der Waals surface area contributed by atoms with Gasteiger partial charge in [-0.1, -0.05) is 42.0 Å². The van der Waals surface area contributed by atoms with Gasteiger partial charge < -0.3 is 9.32 Å². The lowest BCUT2D eigenvalue weighted by Crippen LogP contribution is -2.30. The van der Waals surface area contributed by atoms with Crippen LogP contribution < -0.4 is 0 Å². The van der Waals surface area contributed by atoms with Crippen molar-refractivity contribution in [1.82, 2.24) is 4.90 Å². The molecule has 0 saturated carbocycles. The molecule has 0 aliphatic carbocycles. The highest BCUT2D eigenvalue weighted by atomic mass is 19.1. The van der Waals surface area contributed by atoms with Gasteiger partial charge in [-0.15, -0.1) is 0 Å². The van der Waals surface area contributed by atoms with Gasteiger partial charge in [-0.25, -0.2) is 4.39 Å². The molecular weight excluding hydrogens is 305 g/mol. The van der Waals surface area contributed by atoms with E-state index in [0.29, 0.717) is 12.3 Å². The minimum absolute atomic E-state index is 0.0659. The fourth-order valence-electron chi connectivity index (χ4n) is 2.51. The van der Waals surface area contributed by atoms with E-state index in [9.17, 15) is 9.18 Å². The number of hydrogen-bond donors (Lipinski definition) is 0. The van der Waals surface area contributed by atoms with Gasteiger partial charge in [0.2, 0.25) is 0 Å². The average molecular weight is 323 g/mol. The number of benzene rings is 2. The summed E-state index contributed by atoms with van der Waals surface area (Å²) >= 11 is 0. The fourth-order valence-corrected chi connectivity index (χ4v) is 2.51. The Morgan fingerprint density at radius 3 is 2.42 bits per heavy atom. The van der Waals surface area contributed by atoms with Gasteiger partial charge in [-0.2, -0.15) is 0 Å².